The van der Waals surface area contributed by atoms with Gasteiger partial charge in [0.15, 0.2) is 0 Å². The Morgan fingerprint density at radius 1 is 1.38 bits per heavy atom. The van der Waals surface area contributed by atoms with Crippen molar-refractivity contribution in [2.24, 2.45) is 0 Å². The minimum atomic E-state index is 0.147. The Morgan fingerprint density at radius 2 is 2.29 bits per heavy atom. The standard InChI is InChI=1S/C15H23N3O2S/c1-12-14(21-11-16-12)15(19)18-6-3-5-17(7-8-18)10-13-4-2-9-20-13/h11,13H,2-10H2,1H3. The molecule has 0 radical (unpaired) electrons. The molecule has 0 bridgehead atoms. The molecule has 21 heavy (non-hydrogen) atoms. The lowest BCUT2D eigenvalue weighted by atomic mass is 10.2. The first kappa shape index (κ1) is 14.9. The van der Waals surface area contributed by atoms with E-state index in [2.05, 4.69) is 9.88 Å². The van der Waals surface area contributed by atoms with Gasteiger partial charge in [-0.2, -0.15) is 0 Å². The van der Waals surface area contributed by atoms with Gasteiger partial charge in [0, 0.05) is 32.8 Å². The third-order valence-corrected chi connectivity index (χ3v) is 5.22. The molecule has 1 atom stereocenters. The van der Waals surface area contributed by atoms with Crippen LogP contribution in [0.2, 0.25) is 0 Å². The summed E-state index contributed by atoms with van der Waals surface area (Å²) >= 11 is 1.45. The predicted octanol–water partition coefficient (Wildman–Crippen LogP) is 1.78. The van der Waals surface area contributed by atoms with Crippen LogP contribution in [0.3, 0.4) is 0 Å². The van der Waals surface area contributed by atoms with Crippen LogP contribution in [0.15, 0.2) is 5.51 Å². The highest BCUT2D eigenvalue weighted by Gasteiger charge is 2.25. The zero-order valence-electron chi connectivity index (χ0n) is 12.6. The van der Waals surface area contributed by atoms with Crippen molar-refractivity contribution in [1.82, 2.24) is 14.8 Å². The van der Waals surface area contributed by atoms with Gasteiger partial charge in [0.1, 0.15) is 4.88 Å². The summed E-state index contributed by atoms with van der Waals surface area (Å²) in [5, 5.41) is 0. The van der Waals surface area contributed by atoms with E-state index in [0.717, 1.165) is 56.3 Å². The number of hydrogen-bond donors (Lipinski definition) is 0. The molecule has 0 N–H and O–H groups in total. The minimum absolute atomic E-state index is 0.147. The number of nitrogens with zero attached hydrogens (tertiary/aromatic N) is 3. The monoisotopic (exact) mass is 309 g/mol. The fourth-order valence-electron chi connectivity index (χ4n) is 3.08. The van der Waals surface area contributed by atoms with Crippen molar-refractivity contribution in [3.05, 3.63) is 16.1 Å². The number of thiazole rings is 1. The number of aromatic nitrogens is 1. The quantitative estimate of drug-likeness (QED) is 0.854. The van der Waals surface area contributed by atoms with Crippen molar-refractivity contribution in [3.63, 3.8) is 0 Å². The zero-order valence-corrected chi connectivity index (χ0v) is 13.4. The number of aryl methyl sites for hydroxylation is 1. The van der Waals surface area contributed by atoms with Gasteiger partial charge in [-0.15, -0.1) is 11.3 Å². The van der Waals surface area contributed by atoms with E-state index in [4.69, 9.17) is 4.74 Å². The molecule has 0 aliphatic carbocycles. The first-order valence-electron chi connectivity index (χ1n) is 7.77. The first-order valence-corrected chi connectivity index (χ1v) is 8.65. The van der Waals surface area contributed by atoms with Crippen LogP contribution in [0, 0.1) is 6.92 Å². The van der Waals surface area contributed by atoms with Gasteiger partial charge in [0.2, 0.25) is 0 Å². The summed E-state index contributed by atoms with van der Waals surface area (Å²) in [6.07, 6.45) is 3.81. The van der Waals surface area contributed by atoms with E-state index < -0.39 is 0 Å². The lowest BCUT2D eigenvalue weighted by Gasteiger charge is -2.23. The van der Waals surface area contributed by atoms with Gasteiger partial charge in [-0.3, -0.25) is 9.69 Å². The Morgan fingerprint density at radius 3 is 3.00 bits per heavy atom. The van der Waals surface area contributed by atoms with Crippen molar-refractivity contribution in [1.29, 1.82) is 0 Å². The molecule has 5 nitrogen and oxygen atoms in total. The predicted molar refractivity (Wildman–Crippen MR) is 82.8 cm³/mol. The molecule has 0 aromatic carbocycles. The number of carbonyl (C=O) groups excluding carboxylic acids is 1. The number of ether oxygens (including phenoxy) is 1. The largest absolute Gasteiger partial charge is 0.377 e. The van der Waals surface area contributed by atoms with Crippen LogP contribution in [0.5, 0.6) is 0 Å². The van der Waals surface area contributed by atoms with Crippen LogP contribution in [0.1, 0.15) is 34.6 Å². The molecule has 0 spiro atoms. The van der Waals surface area contributed by atoms with Gasteiger partial charge in [-0.05, 0) is 32.7 Å². The summed E-state index contributed by atoms with van der Waals surface area (Å²) < 4.78 is 5.72. The second-order valence-electron chi connectivity index (χ2n) is 5.85. The van der Waals surface area contributed by atoms with Crippen molar-refractivity contribution in [2.45, 2.75) is 32.3 Å². The van der Waals surface area contributed by atoms with E-state index >= 15 is 0 Å². The third kappa shape index (κ3) is 3.62. The normalized spacial score (nSPS) is 24.2. The molecule has 2 aliphatic heterocycles. The van der Waals surface area contributed by atoms with E-state index in [-0.39, 0.29) is 5.91 Å². The average Bonchev–Trinajstić information content (AvgIpc) is 3.07. The molecule has 0 saturated carbocycles. The lowest BCUT2D eigenvalue weighted by molar-refractivity contribution is 0.0706. The molecular weight excluding hydrogens is 286 g/mol. The number of amides is 1. The van der Waals surface area contributed by atoms with Gasteiger partial charge in [-0.25, -0.2) is 4.98 Å². The van der Waals surface area contributed by atoms with E-state index in [1.165, 1.54) is 24.2 Å². The fourth-order valence-corrected chi connectivity index (χ4v) is 3.85. The van der Waals surface area contributed by atoms with Crippen molar-refractivity contribution < 1.29 is 9.53 Å². The van der Waals surface area contributed by atoms with Crippen LogP contribution in [-0.4, -0.2) is 66.1 Å². The highest BCUT2D eigenvalue weighted by Crippen LogP contribution is 2.18. The number of carbonyl (C=O) groups is 1. The molecule has 3 rings (SSSR count). The molecule has 2 fully saturated rings. The van der Waals surface area contributed by atoms with Gasteiger partial charge in [-0.1, -0.05) is 0 Å². The Kier molecular flexibility index (Phi) is 4.87. The second kappa shape index (κ2) is 6.85. The smallest absolute Gasteiger partial charge is 0.265 e. The van der Waals surface area contributed by atoms with E-state index in [1.807, 2.05) is 11.8 Å². The summed E-state index contributed by atoms with van der Waals surface area (Å²) in [5.74, 6) is 0.147. The van der Waals surface area contributed by atoms with Crippen LogP contribution >= 0.6 is 11.3 Å². The Hall–Kier alpha value is -0.980. The second-order valence-corrected chi connectivity index (χ2v) is 6.70. The van der Waals surface area contributed by atoms with Crippen LogP contribution in [0.4, 0.5) is 0 Å². The molecule has 6 heteroatoms. The molecule has 1 unspecified atom stereocenters. The summed E-state index contributed by atoms with van der Waals surface area (Å²) in [5.41, 5.74) is 2.61. The van der Waals surface area contributed by atoms with Gasteiger partial charge < -0.3 is 9.64 Å². The molecule has 1 aromatic heterocycles. The molecule has 2 saturated heterocycles. The maximum Gasteiger partial charge on any atom is 0.265 e. The molecule has 1 amide bonds. The fraction of sp³-hybridized carbons (Fsp3) is 0.733. The minimum Gasteiger partial charge on any atom is -0.377 e. The lowest BCUT2D eigenvalue weighted by Crippen LogP contribution is -2.37. The zero-order chi connectivity index (χ0) is 14.7. The van der Waals surface area contributed by atoms with Crippen molar-refractivity contribution >= 4 is 17.2 Å². The average molecular weight is 309 g/mol. The Bertz CT molecular complexity index is 485. The number of hydrogen-bond acceptors (Lipinski definition) is 5. The summed E-state index contributed by atoms with van der Waals surface area (Å²) in [7, 11) is 0. The third-order valence-electron chi connectivity index (χ3n) is 4.30. The molecular formula is C15H23N3O2S. The van der Waals surface area contributed by atoms with E-state index in [9.17, 15) is 4.79 Å². The molecule has 1 aromatic rings. The van der Waals surface area contributed by atoms with Crippen molar-refractivity contribution in [3.8, 4) is 0 Å². The van der Waals surface area contributed by atoms with Crippen LogP contribution in [0.25, 0.3) is 0 Å². The van der Waals surface area contributed by atoms with Gasteiger partial charge in [0.05, 0.1) is 17.3 Å². The van der Waals surface area contributed by atoms with Crippen LogP contribution in [-0.2, 0) is 4.74 Å². The SMILES string of the molecule is Cc1ncsc1C(=O)N1CCCN(CC2CCCO2)CC1. The van der Waals surface area contributed by atoms with Crippen molar-refractivity contribution in [2.75, 3.05) is 39.3 Å². The Balaban J connectivity index is 1.55. The maximum absolute atomic E-state index is 12.5. The van der Waals surface area contributed by atoms with E-state index in [1.54, 1.807) is 5.51 Å². The molecule has 3 heterocycles. The van der Waals surface area contributed by atoms with Gasteiger partial charge in [0.25, 0.3) is 5.91 Å². The molecule has 116 valence electrons. The Labute approximate surface area is 129 Å². The highest BCUT2D eigenvalue weighted by atomic mass is 32.1. The maximum atomic E-state index is 12.5. The molecule has 2 aliphatic rings. The summed E-state index contributed by atoms with van der Waals surface area (Å²) in [6.45, 7) is 7.50. The van der Waals surface area contributed by atoms with Gasteiger partial charge >= 0.3 is 0 Å². The first-order chi connectivity index (χ1) is 10.2. The highest BCUT2D eigenvalue weighted by molar-refractivity contribution is 7.11. The van der Waals surface area contributed by atoms with E-state index in [0.29, 0.717) is 6.10 Å². The number of rotatable bonds is 3. The topological polar surface area (TPSA) is 45.7 Å². The summed E-state index contributed by atoms with van der Waals surface area (Å²) in [6, 6.07) is 0. The van der Waals surface area contributed by atoms with Crippen LogP contribution < -0.4 is 0 Å². The summed E-state index contributed by atoms with van der Waals surface area (Å²) in [4.78, 5) is 21.9.